The Balaban J connectivity index is 2.07. The third-order valence-corrected chi connectivity index (χ3v) is 3.59. The van der Waals surface area contributed by atoms with Gasteiger partial charge in [0.05, 0.1) is 11.7 Å². The van der Waals surface area contributed by atoms with Gasteiger partial charge in [-0.05, 0) is 18.6 Å². The Morgan fingerprint density at radius 1 is 1.05 bits per heavy atom. The van der Waals surface area contributed by atoms with Gasteiger partial charge in [-0.2, -0.15) is 0 Å². The van der Waals surface area contributed by atoms with E-state index in [4.69, 9.17) is 5.84 Å². The molecule has 0 radical (unpaired) electrons. The fraction of sp³-hybridized carbons (Fsp3) is 0.688. The first-order chi connectivity index (χ1) is 9.38. The van der Waals surface area contributed by atoms with E-state index in [1.165, 1.54) is 51.4 Å². The summed E-state index contributed by atoms with van der Waals surface area (Å²) in [6.45, 7) is 2.26. The molecule has 0 fully saturated rings. The zero-order valence-corrected chi connectivity index (χ0v) is 12.3. The first-order valence-electron chi connectivity index (χ1n) is 7.75. The minimum Gasteiger partial charge on any atom is -0.271 e. The van der Waals surface area contributed by atoms with Crippen LogP contribution in [0.3, 0.4) is 0 Å². The van der Waals surface area contributed by atoms with Crippen molar-refractivity contribution in [1.29, 1.82) is 0 Å². The molecule has 19 heavy (non-hydrogen) atoms. The van der Waals surface area contributed by atoms with Crippen molar-refractivity contribution in [1.82, 2.24) is 10.4 Å². The van der Waals surface area contributed by atoms with Crippen LogP contribution in [0.4, 0.5) is 0 Å². The lowest BCUT2D eigenvalue weighted by Crippen LogP contribution is -2.28. The summed E-state index contributed by atoms with van der Waals surface area (Å²) in [5, 5.41) is 0. The van der Waals surface area contributed by atoms with E-state index in [-0.39, 0.29) is 6.04 Å². The average Bonchev–Trinajstić information content (AvgIpc) is 2.47. The normalized spacial score (nSPS) is 12.5. The zero-order chi connectivity index (χ0) is 13.8. The van der Waals surface area contributed by atoms with Crippen LogP contribution in [0, 0.1) is 0 Å². The van der Waals surface area contributed by atoms with Gasteiger partial charge in [0.15, 0.2) is 0 Å². The lowest BCUT2D eigenvalue weighted by molar-refractivity contribution is 0.467. The standard InChI is InChI=1S/C16H29N3/c1-2-3-4-5-6-7-8-9-13-16(19-17)15-12-10-11-14-18-15/h10-12,14,16,19H,2-9,13,17H2,1H3. The van der Waals surface area contributed by atoms with Crippen molar-refractivity contribution in [3.8, 4) is 0 Å². The predicted molar refractivity (Wildman–Crippen MR) is 81.5 cm³/mol. The fourth-order valence-corrected chi connectivity index (χ4v) is 2.38. The van der Waals surface area contributed by atoms with E-state index >= 15 is 0 Å². The highest BCUT2D eigenvalue weighted by atomic mass is 15.2. The summed E-state index contributed by atoms with van der Waals surface area (Å²) in [7, 11) is 0. The van der Waals surface area contributed by atoms with Crippen LogP contribution in [-0.2, 0) is 0 Å². The van der Waals surface area contributed by atoms with Crippen LogP contribution in [0.1, 0.15) is 76.4 Å². The lowest BCUT2D eigenvalue weighted by Gasteiger charge is -2.14. The molecule has 3 heteroatoms. The Morgan fingerprint density at radius 2 is 1.74 bits per heavy atom. The van der Waals surface area contributed by atoms with Gasteiger partial charge in [0.1, 0.15) is 0 Å². The van der Waals surface area contributed by atoms with Gasteiger partial charge in [0.25, 0.3) is 0 Å². The van der Waals surface area contributed by atoms with Crippen LogP contribution < -0.4 is 11.3 Å². The molecule has 1 aromatic rings. The van der Waals surface area contributed by atoms with Crippen LogP contribution in [0.5, 0.6) is 0 Å². The largest absolute Gasteiger partial charge is 0.271 e. The third kappa shape index (κ3) is 7.28. The van der Waals surface area contributed by atoms with Gasteiger partial charge in [0.2, 0.25) is 0 Å². The van der Waals surface area contributed by atoms with E-state index in [2.05, 4.69) is 17.3 Å². The maximum absolute atomic E-state index is 5.61. The zero-order valence-electron chi connectivity index (χ0n) is 12.3. The molecule has 0 amide bonds. The van der Waals surface area contributed by atoms with Crippen molar-refractivity contribution in [3.63, 3.8) is 0 Å². The molecule has 3 N–H and O–H groups in total. The van der Waals surface area contributed by atoms with Gasteiger partial charge in [-0.25, -0.2) is 0 Å². The molecule has 1 unspecified atom stereocenters. The van der Waals surface area contributed by atoms with Gasteiger partial charge in [-0.15, -0.1) is 0 Å². The lowest BCUT2D eigenvalue weighted by atomic mass is 10.0. The van der Waals surface area contributed by atoms with Gasteiger partial charge >= 0.3 is 0 Å². The molecule has 1 heterocycles. The molecule has 0 aliphatic rings. The second kappa shape index (κ2) is 10.9. The Hall–Kier alpha value is -0.930. The molecule has 0 saturated heterocycles. The van der Waals surface area contributed by atoms with E-state index in [1.807, 2.05) is 24.4 Å². The van der Waals surface area contributed by atoms with Crippen molar-refractivity contribution >= 4 is 0 Å². The topological polar surface area (TPSA) is 50.9 Å². The average molecular weight is 263 g/mol. The van der Waals surface area contributed by atoms with E-state index in [0.717, 1.165) is 12.1 Å². The number of hydrazine groups is 1. The molecule has 0 bridgehead atoms. The van der Waals surface area contributed by atoms with Crippen molar-refractivity contribution in [2.24, 2.45) is 5.84 Å². The highest BCUT2D eigenvalue weighted by Gasteiger charge is 2.09. The minimum atomic E-state index is 0.196. The summed E-state index contributed by atoms with van der Waals surface area (Å²) in [5.41, 5.74) is 3.92. The number of hydrogen-bond donors (Lipinski definition) is 2. The van der Waals surface area contributed by atoms with E-state index in [1.54, 1.807) is 0 Å². The third-order valence-electron chi connectivity index (χ3n) is 3.59. The summed E-state index contributed by atoms with van der Waals surface area (Å²) in [6, 6.07) is 6.18. The molecule has 0 aromatic carbocycles. The van der Waals surface area contributed by atoms with Crippen molar-refractivity contribution < 1.29 is 0 Å². The SMILES string of the molecule is CCCCCCCCCCC(NN)c1ccccn1. The van der Waals surface area contributed by atoms with Crippen LogP contribution in [-0.4, -0.2) is 4.98 Å². The number of aromatic nitrogens is 1. The summed E-state index contributed by atoms with van der Waals surface area (Å²) >= 11 is 0. The number of nitrogens with one attached hydrogen (secondary N) is 1. The monoisotopic (exact) mass is 263 g/mol. The Labute approximate surface area is 118 Å². The Morgan fingerprint density at radius 3 is 2.32 bits per heavy atom. The van der Waals surface area contributed by atoms with Gasteiger partial charge < -0.3 is 0 Å². The molecule has 3 nitrogen and oxygen atoms in total. The first kappa shape index (κ1) is 16.1. The predicted octanol–water partition coefficient (Wildman–Crippen LogP) is 4.12. The van der Waals surface area contributed by atoms with Crippen LogP contribution >= 0.6 is 0 Å². The van der Waals surface area contributed by atoms with Crippen LogP contribution in [0.15, 0.2) is 24.4 Å². The molecule has 0 aliphatic carbocycles. The summed E-state index contributed by atoms with van der Waals surface area (Å²) in [4.78, 5) is 4.36. The highest BCUT2D eigenvalue weighted by Crippen LogP contribution is 2.17. The molecule has 0 spiro atoms. The van der Waals surface area contributed by atoms with Crippen molar-refractivity contribution in [2.45, 2.75) is 70.8 Å². The highest BCUT2D eigenvalue weighted by molar-refractivity contribution is 5.08. The van der Waals surface area contributed by atoms with E-state index < -0.39 is 0 Å². The number of nitrogens with zero attached hydrogens (tertiary/aromatic N) is 1. The minimum absolute atomic E-state index is 0.196. The van der Waals surface area contributed by atoms with Gasteiger partial charge in [0, 0.05) is 6.20 Å². The van der Waals surface area contributed by atoms with Gasteiger partial charge in [-0.1, -0.05) is 64.4 Å². The summed E-state index contributed by atoms with van der Waals surface area (Å²) in [6.07, 6.45) is 13.7. The molecule has 108 valence electrons. The van der Waals surface area contributed by atoms with Crippen molar-refractivity contribution in [2.75, 3.05) is 0 Å². The number of pyridine rings is 1. The Kier molecular flexibility index (Phi) is 9.29. The number of unbranched alkanes of at least 4 members (excludes halogenated alkanes) is 7. The smallest absolute Gasteiger partial charge is 0.0632 e. The number of rotatable bonds is 11. The molecule has 0 aliphatic heterocycles. The number of hydrogen-bond acceptors (Lipinski definition) is 3. The van der Waals surface area contributed by atoms with E-state index in [0.29, 0.717) is 0 Å². The molecule has 0 saturated carbocycles. The molecule has 1 aromatic heterocycles. The fourth-order valence-electron chi connectivity index (χ4n) is 2.38. The second-order valence-electron chi connectivity index (χ2n) is 5.24. The molecule has 1 atom stereocenters. The molecule has 1 rings (SSSR count). The quantitative estimate of drug-likeness (QED) is 0.359. The molecular weight excluding hydrogens is 234 g/mol. The van der Waals surface area contributed by atoms with Crippen LogP contribution in [0.2, 0.25) is 0 Å². The summed E-state index contributed by atoms with van der Waals surface area (Å²) in [5.74, 6) is 5.61. The van der Waals surface area contributed by atoms with Crippen LogP contribution in [0.25, 0.3) is 0 Å². The van der Waals surface area contributed by atoms with E-state index in [9.17, 15) is 0 Å². The Bertz CT molecular complexity index is 300. The van der Waals surface area contributed by atoms with Crippen molar-refractivity contribution in [3.05, 3.63) is 30.1 Å². The number of nitrogens with two attached hydrogens (primary N) is 1. The molecular formula is C16H29N3. The first-order valence-corrected chi connectivity index (χ1v) is 7.75. The second-order valence-corrected chi connectivity index (χ2v) is 5.24. The van der Waals surface area contributed by atoms with Gasteiger partial charge in [-0.3, -0.25) is 16.3 Å². The maximum atomic E-state index is 5.61. The maximum Gasteiger partial charge on any atom is 0.0632 e. The summed E-state index contributed by atoms with van der Waals surface area (Å²) < 4.78 is 0.